The first-order valence-corrected chi connectivity index (χ1v) is 12.3. The van der Waals surface area contributed by atoms with Gasteiger partial charge in [0, 0.05) is 42.8 Å². The molecule has 2 aliphatic rings. The van der Waals surface area contributed by atoms with Crippen LogP contribution in [0.5, 0.6) is 0 Å². The van der Waals surface area contributed by atoms with Crippen LogP contribution in [0, 0.1) is 5.92 Å². The van der Waals surface area contributed by atoms with E-state index in [1.807, 2.05) is 11.0 Å². The molecule has 3 heterocycles. The van der Waals surface area contributed by atoms with Gasteiger partial charge in [-0.15, -0.1) is 0 Å². The van der Waals surface area contributed by atoms with E-state index in [0.717, 1.165) is 31.4 Å². The van der Waals surface area contributed by atoms with Crippen LogP contribution in [0.15, 0.2) is 30.5 Å². The molecule has 0 bridgehead atoms. The van der Waals surface area contributed by atoms with Crippen molar-refractivity contribution < 1.29 is 9.59 Å². The second-order valence-corrected chi connectivity index (χ2v) is 10.0. The molecule has 1 spiro atoms. The molecule has 6 heteroatoms. The monoisotopic (exact) mass is 438 g/mol. The zero-order valence-corrected chi connectivity index (χ0v) is 20.0. The summed E-state index contributed by atoms with van der Waals surface area (Å²) in [4.78, 5) is 34.7. The Balaban J connectivity index is 1.52. The summed E-state index contributed by atoms with van der Waals surface area (Å²) >= 11 is 0. The summed E-state index contributed by atoms with van der Waals surface area (Å²) in [5.41, 5.74) is 1.75. The zero-order valence-electron chi connectivity index (χ0n) is 20.0. The first-order chi connectivity index (χ1) is 15.4. The van der Waals surface area contributed by atoms with Crippen LogP contribution >= 0.6 is 0 Å². The molecule has 2 atom stereocenters. The predicted molar refractivity (Wildman–Crippen MR) is 128 cm³/mol. The second-order valence-electron chi connectivity index (χ2n) is 10.0. The number of hydrogen-bond acceptors (Lipinski definition) is 3. The molecule has 1 aromatic heterocycles. The molecule has 2 N–H and O–H groups in total. The van der Waals surface area contributed by atoms with Gasteiger partial charge in [0.25, 0.3) is 0 Å². The Hall–Kier alpha value is -2.34. The van der Waals surface area contributed by atoms with Crippen LogP contribution in [0.3, 0.4) is 0 Å². The molecule has 2 unspecified atom stereocenters. The van der Waals surface area contributed by atoms with Gasteiger partial charge in [-0.1, -0.05) is 45.4 Å². The molecule has 2 aliphatic heterocycles. The van der Waals surface area contributed by atoms with Gasteiger partial charge >= 0.3 is 0 Å². The van der Waals surface area contributed by atoms with Crippen LogP contribution in [0.2, 0.25) is 0 Å². The van der Waals surface area contributed by atoms with Gasteiger partial charge in [-0.3, -0.25) is 14.5 Å². The molecule has 174 valence electrons. The number of benzene rings is 1. The minimum Gasteiger partial charge on any atom is -0.361 e. The minimum absolute atomic E-state index is 0.0539. The lowest BCUT2D eigenvalue weighted by molar-refractivity contribution is -0.162. The van der Waals surface area contributed by atoms with E-state index in [1.165, 1.54) is 10.9 Å². The fourth-order valence-electron chi connectivity index (χ4n) is 5.56. The number of carbonyl (C=O) groups excluding carboxylic acids is 2. The highest BCUT2D eigenvalue weighted by Crippen LogP contribution is 2.37. The topological polar surface area (TPSA) is 68.4 Å². The largest absolute Gasteiger partial charge is 0.361 e. The van der Waals surface area contributed by atoms with Gasteiger partial charge in [0.05, 0.1) is 0 Å². The highest BCUT2D eigenvalue weighted by molar-refractivity contribution is 6.00. The minimum atomic E-state index is -0.698. The number of piperazine rings is 1. The molecule has 4 rings (SSSR count). The number of hydrogen-bond donors (Lipinski definition) is 2. The summed E-state index contributed by atoms with van der Waals surface area (Å²) in [7, 11) is 0. The van der Waals surface area contributed by atoms with Gasteiger partial charge < -0.3 is 15.2 Å². The van der Waals surface area contributed by atoms with Crippen molar-refractivity contribution >= 4 is 22.7 Å². The molecule has 6 nitrogen and oxygen atoms in total. The highest BCUT2D eigenvalue weighted by atomic mass is 16.2. The van der Waals surface area contributed by atoms with Crippen LogP contribution < -0.4 is 5.32 Å². The van der Waals surface area contributed by atoms with Gasteiger partial charge in [-0.25, -0.2) is 0 Å². The number of H-pyrrole nitrogens is 1. The molecular formula is C26H38N4O2. The average molecular weight is 439 g/mol. The van der Waals surface area contributed by atoms with E-state index in [1.54, 1.807) is 0 Å². The van der Waals surface area contributed by atoms with Crippen molar-refractivity contribution in [1.29, 1.82) is 0 Å². The number of carbonyl (C=O) groups is 2. The standard InChI is InChI=1S/C26H38N4O2/c1-5-6-13-30-24(31)23(16-18(2)3)28-25(32)26(30)11-14-29(15-12-26)19(4)21-17-27-22-10-8-7-9-20(21)22/h7-10,17-19,23,27H,5-6,11-16H2,1-4H3,(H,28,32). The van der Waals surface area contributed by atoms with Gasteiger partial charge in [-0.2, -0.15) is 0 Å². The van der Waals surface area contributed by atoms with Crippen molar-refractivity contribution in [3.05, 3.63) is 36.0 Å². The lowest BCUT2D eigenvalue weighted by atomic mass is 9.80. The summed E-state index contributed by atoms with van der Waals surface area (Å²) in [6.45, 7) is 10.9. The Labute approximate surface area is 191 Å². The molecule has 2 amide bonds. The van der Waals surface area contributed by atoms with Crippen LogP contribution in [-0.2, 0) is 9.59 Å². The maximum Gasteiger partial charge on any atom is 0.246 e. The maximum atomic E-state index is 13.4. The van der Waals surface area contributed by atoms with Crippen molar-refractivity contribution in [2.75, 3.05) is 19.6 Å². The lowest BCUT2D eigenvalue weighted by Gasteiger charge is -2.52. The third kappa shape index (κ3) is 4.05. The maximum absolute atomic E-state index is 13.4. The van der Waals surface area contributed by atoms with Crippen LogP contribution in [0.4, 0.5) is 0 Å². The number of nitrogens with zero attached hydrogens (tertiary/aromatic N) is 2. The molecule has 0 radical (unpaired) electrons. The Morgan fingerprint density at radius 3 is 2.53 bits per heavy atom. The van der Waals surface area contributed by atoms with E-state index in [-0.39, 0.29) is 23.9 Å². The predicted octanol–water partition coefficient (Wildman–Crippen LogP) is 4.24. The fraction of sp³-hybridized carbons (Fsp3) is 0.615. The Morgan fingerprint density at radius 1 is 1.12 bits per heavy atom. The van der Waals surface area contributed by atoms with Gasteiger partial charge in [-0.05, 0) is 50.2 Å². The van der Waals surface area contributed by atoms with E-state index in [9.17, 15) is 9.59 Å². The van der Waals surface area contributed by atoms with Gasteiger partial charge in [0.2, 0.25) is 11.8 Å². The van der Waals surface area contributed by atoms with Crippen LogP contribution in [0.1, 0.15) is 71.4 Å². The molecule has 2 fully saturated rings. The lowest BCUT2D eigenvalue weighted by Crippen LogP contribution is -2.73. The molecule has 2 saturated heterocycles. The Kier molecular flexibility index (Phi) is 6.61. The number of likely N-dealkylation sites (tertiary alicyclic amines) is 1. The number of amides is 2. The van der Waals surface area contributed by atoms with Crippen molar-refractivity contribution in [3.8, 4) is 0 Å². The summed E-state index contributed by atoms with van der Waals surface area (Å²) < 4.78 is 0. The molecular weight excluding hydrogens is 400 g/mol. The number of rotatable bonds is 7. The first-order valence-electron chi connectivity index (χ1n) is 12.3. The molecule has 2 aromatic rings. The van der Waals surface area contributed by atoms with Crippen molar-refractivity contribution in [1.82, 2.24) is 20.1 Å². The Bertz CT molecular complexity index is 958. The number of fused-ring (bicyclic) bond motifs is 1. The highest BCUT2D eigenvalue weighted by Gasteiger charge is 2.53. The van der Waals surface area contributed by atoms with E-state index < -0.39 is 5.54 Å². The summed E-state index contributed by atoms with van der Waals surface area (Å²) in [6, 6.07) is 8.27. The smallest absolute Gasteiger partial charge is 0.246 e. The Morgan fingerprint density at radius 2 is 1.84 bits per heavy atom. The van der Waals surface area contributed by atoms with Gasteiger partial charge in [0.1, 0.15) is 11.6 Å². The molecule has 1 aromatic carbocycles. The van der Waals surface area contributed by atoms with Crippen molar-refractivity contribution in [2.45, 2.75) is 77.4 Å². The normalized spacial score (nSPS) is 22.7. The zero-order chi connectivity index (χ0) is 22.9. The van der Waals surface area contributed by atoms with E-state index in [0.29, 0.717) is 31.7 Å². The fourth-order valence-corrected chi connectivity index (χ4v) is 5.56. The molecule has 32 heavy (non-hydrogen) atoms. The summed E-state index contributed by atoms with van der Waals surface area (Å²) in [5, 5.41) is 4.36. The van der Waals surface area contributed by atoms with Crippen LogP contribution in [0.25, 0.3) is 10.9 Å². The third-order valence-corrected chi connectivity index (χ3v) is 7.50. The number of nitrogens with one attached hydrogen (secondary N) is 2. The second kappa shape index (κ2) is 9.26. The summed E-state index contributed by atoms with van der Waals surface area (Å²) in [6.07, 6.45) is 6.14. The van der Waals surface area contributed by atoms with E-state index in [2.05, 4.69) is 67.3 Å². The van der Waals surface area contributed by atoms with E-state index in [4.69, 9.17) is 0 Å². The number of para-hydroxylation sites is 1. The van der Waals surface area contributed by atoms with Crippen molar-refractivity contribution in [3.63, 3.8) is 0 Å². The van der Waals surface area contributed by atoms with Crippen LogP contribution in [-0.4, -0.2) is 57.8 Å². The van der Waals surface area contributed by atoms with Crippen molar-refractivity contribution in [2.24, 2.45) is 5.92 Å². The number of piperidine rings is 1. The SMILES string of the molecule is CCCCN1C(=O)C(CC(C)C)NC(=O)C12CCN(C(C)c1c[nH]c3ccccc13)CC2. The number of unbranched alkanes of at least 4 members (excludes halogenated alkanes) is 1. The summed E-state index contributed by atoms with van der Waals surface area (Å²) in [5.74, 6) is 0.535. The number of aromatic amines is 1. The third-order valence-electron chi connectivity index (χ3n) is 7.50. The quantitative estimate of drug-likeness (QED) is 0.680. The molecule has 0 saturated carbocycles. The van der Waals surface area contributed by atoms with E-state index >= 15 is 0 Å². The number of aromatic nitrogens is 1. The first kappa shape index (κ1) is 22.8. The van der Waals surface area contributed by atoms with Gasteiger partial charge in [0.15, 0.2) is 0 Å². The average Bonchev–Trinajstić information content (AvgIpc) is 3.21. The molecule has 0 aliphatic carbocycles.